The molecule has 0 atom stereocenters. The SMILES string of the molecule is CC1CCN(Cc2ccccc2)CC1.CCOO. The molecule has 3 nitrogen and oxygen atoms in total. The van der Waals surface area contributed by atoms with Crippen molar-refractivity contribution in [3.05, 3.63) is 35.9 Å². The van der Waals surface area contributed by atoms with Gasteiger partial charge in [-0.3, -0.25) is 10.2 Å². The lowest BCUT2D eigenvalue weighted by molar-refractivity contribution is -0.237. The second-order valence-electron chi connectivity index (χ2n) is 4.86. The Balaban J connectivity index is 0.000000357. The predicted molar refractivity (Wildman–Crippen MR) is 74.4 cm³/mol. The Kier molecular flexibility index (Phi) is 7.65. The van der Waals surface area contributed by atoms with Gasteiger partial charge in [0.05, 0.1) is 6.61 Å². The summed E-state index contributed by atoms with van der Waals surface area (Å²) in [5, 5.41) is 7.38. The van der Waals surface area contributed by atoms with Crippen molar-refractivity contribution in [3.63, 3.8) is 0 Å². The first kappa shape index (κ1) is 15.2. The van der Waals surface area contributed by atoms with Crippen molar-refractivity contribution >= 4 is 0 Å². The van der Waals surface area contributed by atoms with Gasteiger partial charge in [-0.15, -0.1) is 0 Å². The maximum atomic E-state index is 7.38. The van der Waals surface area contributed by atoms with Crippen LogP contribution in [0.1, 0.15) is 32.3 Å². The molecule has 0 spiro atoms. The molecule has 0 radical (unpaired) electrons. The molecule has 2 rings (SSSR count). The van der Waals surface area contributed by atoms with Gasteiger partial charge in [-0.1, -0.05) is 37.3 Å². The lowest BCUT2D eigenvalue weighted by atomic mass is 9.99. The molecule has 1 N–H and O–H groups in total. The zero-order valence-corrected chi connectivity index (χ0v) is 11.5. The molecule has 3 heteroatoms. The van der Waals surface area contributed by atoms with Crippen molar-refractivity contribution in [2.24, 2.45) is 5.92 Å². The Labute approximate surface area is 110 Å². The lowest BCUT2D eigenvalue weighted by Gasteiger charge is -2.30. The van der Waals surface area contributed by atoms with Gasteiger partial charge in [0.1, 0.15) is 0 Å². The summed E-state index contributed by atoms with van der Waals surface area (Å²) in [6, 6.07) is 10.8. The molecule has 1 aromatic rings. The van der Waals surface area contributed by atoms with Crippen molar-refractivity contribution in [3.8, 4) is 0 Å². The van der Waals surface area contributed by atoms with E-state index in [0.717, 1.165) is 12.5 Å². The average molecular weight is 251 g/mol. The minimum atomic E-state index is 0.375. The molecule has 0 amide bonds. The Morgan fingerprint density at radius 3 is 2.28 bits per heavy atom. The van der Waals surface area contributed by atoms with E-state index in [1.165, 1.54) is 31.5 Å². The zero-order chi connectivity index (χ0) is 13.2. The number of hydrogen-bond acceptors (Lipinski definition) is 3. The van der Waals surface area contributed by atoms with Gasteiger partial charge in [0.2, 0.25) is 0 Å². The summed E-state index contributed by atoms with van der Waals surface area (Å²) in [4.78, 5) is 6.11. The highest BCUT2D eigenvalue weighted by Crippen LogP contribution is 2.17. The van der Waals surface area contributed by atoms with Crippen LogP contribution in [0.15, 0.2) is 30.3 Å². The number of piperidine rings is 1. The van der Waals surface area contributed by atoms with Crippen LogP contribution in [0.4, 0.5) is 0 Å². The molecule has 1 heterocycles. The first-order chi connectivity index (χ1) is 8.76. The zero-order valence-electron chi connectivity index (χ0n) is 11.5. The third kappa shape index (κ3) is 6.15. The summed E-state index contributed by atoms with van der Waals surface area (Å²) >= 11 is 0. The van der Waals surface area contributed by atoms with Crippen LogP contribution in [-0.4, -0.2) is 29.9 Å². The summed E-state index contributed by atoms with van der Waals surface area (Å²) in [5.41, 5.74) is 1.45. The Bertz CT molecular complexity index is 293. The first-order valence-electron chi connectivity index (χ1n) is 6.79. The third-order valence-corrected chi connectivity index (χ3v) is 3.25. The molecule has 0 bridgehead atoms. The molecule has 1 fully saturated rings. The van der Waals surface area contributed by atoms with Crippen LogP contribution >= 0.6 is 0 Å². The highest BCUT2D eigenvalue weighted by atomic mass is 17.1. The van der Waals surface area contributed by atoms with E-state index in [1.54, 1.807) is 6.92 Å². The fourth-order valence-electron chi connectivity index (χ4n) is 2.06. The summed E-state index contributed by atoms with van der Waals surface area (Å²) in [6.07, 6.45) is 2.74. The van der Waals surface area contributed by atoms with E-state index in [1.807, 2.05) is 0 Å². The number of rotatable bonds is 3. The molecule has 0 saturated carbocycles. The van der Waals surface area contributed by atoms with Gasteiger partial charge in [-0.2, -0.15) is 0 Å². The Hall–Kier alpha value is -0.900. The predicted octanol–water partition coefficient (Wildman–Crippen LogP) is 3.41. The molecule has 1 saturated heterocycles. The van der Waals surface area contributed by atoms with Gasteiger partial charge in [0.15, 0.2) is 0 Å². The van der Waals surface area contributed by atoms with Crippen LogP contribution in [0.5, 0.6) is 0 Å². The number of likely N-dealkylation sites (tertiary alicyclic amines) is 1. The number of hydrogen-bond donors (Lipinski definition) is 1. The Morgan fingerprint density at radius 1 is 1.22 bits per heavy atom. The highest BCUT2D eigenvalue weighted by Gasteiger charge is 2.15. The molecule has 0 aromatic heterocycles. The van der Waals surface area contributed by atoms with Crippen LogP contribution < -0.4 is 0 Å². The number of benzene rings is 1. The molecule has 18 heavy (non-hydrogen) atoms. The standard InChI is InChI=1S/C13H19N.C2H6O2/c1-12-7-9-14(10-8-12)11-13-5-3-2-4-6-13;1-2-4-3/h2-6,12H,7-11H2,1H3;3H,2H2,1H3. The van der Waals surface area contributed by atoms with Crippen molar-refractivity contribution < 1.29 is 10.1 Å². The van der Waals surface area contributed by atoms with Crippen molar-refractivity contribution in [1.82, 2.24) is 4.90 Å². The van der Waals surface area contributed by atoms with Crippen LogP contribution in [-0.2, 0) is 11.4 Å². The molecule has 1 aromatic carbocycles. The average Bonchev–Trinajstić information content (AvgIpc) is 2.43. The smallest absolute Gasteiger partial charge is 0.0791 e. The van der Waals surface area contributed by atoms with Gasteiger partial charge in [0.25, 0.3) is 0 Å². The van der Waals surface area contributed by atoms with Gasteiger partial charge in [-0.25, -0.2) is 4.89 Å². The van der Waals surface area contributed by atoms with Crippen LogP contribution in [0.25, 0.3) is 0 Å². The highest BCUT2D eigenvalue weighted by molar-refractivity contribution is 5.14. The normalized spacial score (nSPS) is 17.1. The molecule has 1 aliphatic rings. The summed E-state index contributed by atoms with van der Waals surface area (Å²) in [5.74, 6) is 0.932. The lowest BCUT2D eigenvalue weighted by Crippen LogP contribution is -2.32. The van der Waals surface area contributed by atoms with Crippen molar-refractivity contribution in [2.45, 2.75) is 33.2 Å². The third-order valence-electron chi connectivity index (χ3n) is 3.25. The fraction of sp³-hybridized carbons (Fsp3) is 0.600. The van der Waals surface area contributed by atoms with Crippen LogP contribution in [0, 0.1) is 5.92 Å². The van der Waals surface area contributed by atoms with E-state index in [2.05, 4.69) is 47.0 Å². The van der Waals surface area contributed by atoms with E-state index < -0.39 is 0 Å². The fourth-order valence-corrected chi connectivity index (χ4v) is 2.06. The monoisotopic (exact) mass is 251 g/mol. The van der Waals surface area contributed by atoms with Crippen LogP contribution in [0.3, 0.4) is 0 Å². The maximum Gasteiger partial charge on any atom is 0.0791 e. The van der Waals surface area contributed by atoms with Crippen LogP contribution in [0.2, 0.25) is 0 Å². The Morgan fingerprint density at radius 2 is 1.78 bits per heavy atom. The van der Waals surface area contributed by atoms with Gasteiger partial charge >= 0.3 is 0 Å². The van der Waals surface area contributed by atoms with E-state index in [4.69, 9.17) is 5.26 Å². The van der Waals surface area contributed by atoms with E-state index in [9.17, 15) is 0 Å². The van der Waals surface area contributed by atoms with Crippen molar-refractivity contribution in [1.29, 1.82) is 0 Å². The molecule has 102 valence electrons. The summed E-state index contributed by atoms with van der Waals surface area (Å²) in [6.45, 7) is 8.12. The maximum absolute atomic E-state index is 7.38. The molecule has 1 aliphatic heterocycles. The molecular formula is C15H25NO2. The minimum absolute atomic E-state index is 0.375. The largest absolute Gasteiger partial charge is 0.299 e. The van der Waals surface area contributed by atoms with E-state index >= 15 is 0 Å². The van der Waals surface area contributed by atoms with Crippen molar-refractivity contribution in [2.75, 3.05) is 19.7 Å². The number of nitrogens with zero attached hydrogens (tertiary/aromatic N) is 1. The molecule has 0 aliphatic carbocycles. The van der Waals surface area contributed by atoms with Gasteiger partial charge < -0.3 is 0 Å². The van der Waals surface area contributed by atoms with E-state index in [0.29, 0.717) is 6.61 Å². The second kappa shape index (κ2) is 9.09. The minimum Gasteiger partial charge on any atom is -0.299 e. The topological polar surface area (TPSA) is 32.7 Å². The summed E-state index contributed by atoms with van der Waals surface area (Å²) in [7, 11) is 0. The van der Waals surface area contributed by atoms with E-state index in [-0.39, 0.29) is 0 Å². The first-order valence-corrected chi connectivity index (χ1v) is 6.79. The quantitative estimate of drug-likeness (QED) is 0.660. The van der Waals surface area contributed by atoms with Gasteiger partial charge in [0, 0.05) is 6.54 Å². The second-order valence-corrected chi connectivity index (χ2v) is 4.86. The summed E-state index contributed by atoms with van der Waals surface area (Å²) < 4.78 is 0. The molecular weight excluding hydrogens is 226 g/mol. The molecule has 0 unspecified atom stereocenters. The van der Waals surface area contributed by atoms with Gasteiger partial charge in [-0.05, 0) is 44.3 Å².